The van der Waals surface area contributed by atoms with Crippen molar-refractivity contribution in [3.8, 4) is 5.75 Å². The van der Waals surface area contributed by atoms with Crippen molar-refractivity contribution in [1.29, 1.82) is 0 Å². The summed E-state index contributed by atoms with van der Waals surface area (Å²) in [5, 5.41) is 16.8. The second-order valence-corrected chi connectivity index (χ2v) is 5.10. The highest BCUT2D eigenvalue weighted by molar-refractivity contribution is 7.86. The zero-order valence-corrected chi connectivity index (χ0v) is 11.5. The summed E-state index contributed by atoms with van der Waals surface area (Å²) in [6.07, 6.45) is 0. The maximum Gasteiger partial charge on any atom is 0.324 e. The van der Waals surface area contributed by atoms with Crippen molar-refractivity contribution < 1.29 is 27.6 Å². The summed E-state index contributed by atoms with van der Waals surface area (Å²) in [5.41, 5.74) is 0.121. The van der Waals surface area contributed by atoms with Gasteiger partial charge in [-0.1, -0.05) is 5.22 Å². The molecule has 0 saturated heterocycles. The van der Waals surface area contributed by atoms with Gasteiger partial charge in [0.1, 0.15) is 17.2 Å². The predicted octanol–water partition coefficient (Wildman–Crippen LogP) is 0.957. The number of carboxylic acid groups (broad SMARTS) is 1. The minimum Gasteiger partial charge on any atom is -0.495 e. The molecule has 1 aromatic rings. The quantitative estimate of drug-likeness (QED) is 0.455. The van der Waals surface area contributed by atoms with Gasteiger partial charge in [0.2, 0.25) is 0 Å². The van der Waals surface area contributed by atoms with Crippen LogP contribution in [0.1, 0.15) is 0 Å². The Morgan fingerprint density at radius 1 is 1.45 bits per heavy atom. The molecule has 20 heavy (non-hydrogen) atoms. The lowest BCUT2D eigenvalue weighted by molar-refractivity contribution is -0.138. The number of aliphatic carboxylic acids is 1. The fourth-order valence-electron chi connectivity index (χ4n) is 1.28. The van der Waals surface area contributed by atoms with Gasteiger partial charge in [-0.2, -0.15) is 8.42 Å². The smallest absolute Gasteiger partial charge is 0.324 e. The molecule has 10 heteroatoms. The molecule has 0 heterocycles. The molecular formula is C10H13N3O6S. The number of methoxy groups -OCH3 is 1. The zero-order chi connectivity index (χ0) is 15.3. The van der Waals surface area contributed by atoms with Crippen molar-refractivity contribution >= 4 is 21.8 Å². The molecule has 0 radical (unpaired) electrons. The molecule has 0 saturated carbocycles. The van der Waals surface area contributed by atoms with Crippen LogP contribution in [0.2, 0.25) is 0 Å². The number of carbonyl (C=O) groups is 1. The van der Waals surface area contributed by atoms with E-state index >= 15 is 0 Å². The van der Waals surface area contributed by atoms with Crippen molar-refractivity contribution in [1.82, 2.24) is 5.01 Å². The number of ether oxygens (including phenoxy) is 1. The molecule has 2 N–H and O–H groups in total. The Morgan fingerprint density at radius 2 is 2.10 bits per heavy atom. The first-order valence-electron chi connectivity index (χ1n) is 5.24. The monoisotopic (exact) mass is 303 g/mol. The third-order valence-electron chi connectivity index (χ3n) is 2.10. The summed E-state index contributed by atoms with van der Waals surface area (Å²) in [6, 6.07) is 3.77. The molecule has 0 bridgehead atoms. The molecule has 1 rings (SSSR count). The van der Waals surface area contributed by atoms with Crippen molar-refractivity contribution in [2.45, 2.75) is 4.90 Å². The SMILES string of the molecule is COc1ccc(/N=N/N(C)CC(=O)O)cc1S(=O)(=O)O. The number of hydrogen-bond acceptors (Lipinski definition) is 6. The van der Waals surface area contributed by atoms with E-state index in [0.29, 0.717) is 0 Å². The number of carboxylic acids is 1. The minimum absolute atomic E-state index is 0.0367. The second kappa shape index (κ2) is 6.30. The van der Waals surface area contributed by atoms with E-state index in [9.17, 15) is 13.2 Å². The Balaban J connectivity index is 3.04. The predicted molar refractivity (Wildman–Crippen MR) is 67.6 cm³/mol. The first kappa shape index (κ1) is 15.9. The molecule has 0 aromatic heterocycles. The van der Waals surface area contributed by atoms with Gasteiger partial charge in [-0.15, -0.1) is 5.11 Å². The van der Waals surface area contributed by atoms with Crippen LogP contribution in [0.15, 0.2) is 33.4 Å². The normalized spacial score (nSPS) is 11.6. The van der Waals surface area contributed by atoms with E-state index in [1.165, 1.54) is 26.3 Å². The molecule has 0 amide bonds. The molecular weight excluding hydrogens is 290 g/mol. The average molecular weight is 303 g/mol. The maximum atomic E-state index is 11.2. The van der Waals surface area contributed by atoms with Gasteiger partial charge in [-0.25, -0.2) is 0 Å². The molecule has 0 aliphatic carbocycles. The topological polar surface area (TPSA) is 129 Å². The van der Waals surface area contributed by atoms with E-state index in [2.05, 4.69) is 10.3 Å². The van der Waals surface area contributed by atoms with Gasteiger partial charge in [0.15, 0.2) is 0 Å². The van der Waals surface area contributed by atoms with Gasteiger partial charge in [-0.05, 0) is 18.2 Å². The molecule has 0 unspecified atom stereocenters. The van der Waals surface area contributed by atoms with Gasteiger partial charge >= 0.3 is 5.97 Å². The van der Waals surface area contributed by atoms with Crippen molar-refractivity contribution in [2.24, 2.45) is 10.3 Å². The van der Waals surface area contributed by atoms with Crippen molar-refractivity contribution in [3.05, 3.63) is 18.2 Å². The number of nitrogens with zero attached hydrogens (tertiary/aromatic N) is 3. The van der Waals surface area contributed by atoms with Crippen LogP contribution < -0.4 is 4.74 Å². The van der Waals surface area contributed by atoms with Crippen molar-refractivity contribution in [2.75, 3.05) is 20.7 Å². The van der Waals surface area contributed by atoms with E-state index in [4.69, 9.17) is 14.4 Å². The molecule has 0 spiro atoms. The third-order valence-corrected chi connectivity index (χ3v) is 2.98. The largest absolute Gasteiger partial charge is 0.495 e. The average Bonchev–Trinajstić information content (AvgIpc) is 2.34. The standard InChI is InChI=1S/C10H13N3O6S/c1-13(6-10(14)15)12-11-7-3-4-8(19-2)9(5-7)20(16,17)18/h3-5H,6H2,1-2H3,(H,14,15)(H,16,17,18)/b12-11+. The minimum atomic E-state index is -4.46. The highest BCUT2D eigenvalue weighted by Crippen LogP contribution is 2.28. The van der Waals surface area contributed by atoms with Gasteiger partial charge in [0, 0.05) is 7.05 Å². The van der Waals surface area contributed by atoms with Crippen LogP contribution in [-0.4, -0.2) is 49.8 Å². The molecule has 9 nitrogen and oxygen atoms in total. The summed E-state index contributed by atoms with van der Waals surface area (Å²) in [4.78, 5) is 9.97. The van der Waals surface area contributed by atoms with Crippen LogP contribution in [0, 0.1) is 0 Å². The molecule has 0 aliphatic heterocycles. The van der Waals surface area contributed by atoms with E-state index in [0.717, 1.165) is 11.1 Å². The third kappa shape index (κ3) is 4.48. The lowest BCUT2D eigenvalue weighted by Crippen LogP contribution is -2.19. The summed E-state index contributed by atoms with van der Waals surface area (Å²) in [7, 11) is -1.81. The lowest BCUT2D eigenvalue weighted by Gasteiger charge is -2.08. The highest BCUT2D eigenvalue weighted by atomic mass is 32.2. The Labute approximate surface area is 115 Å². The first-order valence-corrected chi connectivity index (χ1v) is 6.68. The van der Waals surface area contributed by atoms with Crippen LogP contribution in [0.25, 0.3) is 0 Å². The van der Waals surface area contributed by atoms with Gasteiger partial charge < -0.3 is 9.84 Å². The lowest BCUT2D eigenvalue weighted by atomic mass is 10.3. The van der Waals surface area contributed by atoms with E-state index in [1.807, 2.05) is 0 Å². The van der Waals surface area contributed by atoms with E-state index < -0.39 is 21.0 Å². The Morgan fingerprint density at radius 3 is 2.60 bits per heavy atom. The van der Waals surface area contributed by atoms with Crippen LogP contribution in [0.4, 0.5) is 5.69 Å². The van der Waals surface area contributed by atoms with Crippen LogP contribution in [0.5, 0.6) is 5.75 Å². The van der Waals surface area contributed by atoms with Crippen molar-refractivity contribution in [3.63, 3.8) is 0 Å². The number of likely N-dealkylation sites (N-methyl/N-ethyl adjacent to an activating group) is 1. The van der Waals surface area contributed by atoms with Crippen LogP contribution >= 0.6 is 0 Å². The van der Waals surface area contributed by atoms with E-state index in [1.54, 1.807) is 0 Å². The highest BCUT2D eigenvalue weighted by Gasteiger charge is 2.17. The Hall–Kier alpha value is -2.20. The summed E-state index contributed by atoms with van der Waals surface area (Å²) in [5.74, 6) is -1.12. The molecule has 0 fully saturated rings. The number of benzene rings is 1. The Bertz CT molecular complexity index is 628. The summed E-state index contributed by atoms with van der Waals surface area (Å²) in [6.45, 7) is -0.356. The summed E-state index contributed by atoms with van der Waals surface area (Å²) < 4.78 is 36.2. The Kier molecular flexibility index (Phi) is 5.00. The second-order valence-electron chi connectivity index (χ2n) is 3.71. The molecule has 0 atom stereocenters. The molecule has 1 aromatic carbocycles. The van der Waals surface area contributed by atoms with Crippen LogP contribution in [0.3, 0.4) is 0 Å². The van der Waals surface area contributed by atoms with Gasteiger partial charge in [-0.3, -0.25) is 14.4 Å². The fraction of sp³-hybridized carbons (Fsp3) is 0.300. The van der Waals surface area contributed by atoms with E-state index in [-0.39, 0.29) is 18.0 Å². The molecule has 0 aliphatic rings. The van der Waals surface area contributed by atoms with Crippen LogP contribution in [-0.2, 0) is 14.9 Å². The van der Waals surface area contributed by atoms with Gasteiger partial charge in [0.05, 0.1) is 12.8 Å². The number of hydrogen-bond donors (Lipinski definition) is 2. The summed E-state index contributed by atoms with van der Waals surface area (Å²) >= 11 is 0. The molecule has 110 valence electrons. The maximum absolute atomic E-state index is 11.2. The fourth-order valence-corrected chi connectivity index (χ4v) is 1.96. The first-order chi connectivity index (χ1) is 9.24. The zero-order valence-electron chi connectivity index (χ0n) is 10.7. The van der Waals surface area contributed by atoms with Gasteiger partial charge in [0.25, 0.3) is 10.1 Å². The number of rotatable bonds is 6.